The number of benzene rings is 2. The van der Waals surface area contributed by atoms with Crippen LogP contribution in [0, 0.1) is 13.8 Å². The molecular formula is C22H28N2O5S. The number of ether oxygens (including phenoxy) is 2. The van der Waals surface area contributed by atoms with Gasteiger partial charge in [-0.2, -0.15) is 4.31 Å². The Morgan fingerprint density at radius 2 is 1.80 bits per heavy atom. The average Bonchev–Trinajstić information content (AvgIpc) is 2.74. The molecule has 1 N–H and O–H groups in total. The molecule has 162 valence electrons. The molecular weight excluding hydrogens is 404 g/mol. The van der Waals surface area contributed by atoms with Gasteiger partial charge in [0.25, 0.3) is 5.91 Å². The van der Waals surface area contributed by atoms with Gasteiger partial charge in [0, 0.05) is 18.7 Å². The van der Waals surface area contributed by atoms with Gasteiger partial charge < -0.3 is 14.8 Å². The summed E-state index contributed by atoms with van der Waals surface area (Å²) in [5.74, 6) is 0.406. The monoisotopic (exact) mass is 432 g/mol. The van der Waals surface area contributed by atoms with Gasteiger partial charge in [0.05, 0.1) is 24.2 Å². The first-order chi connectivity index (χ1) is 14.3. The topological polar surface area (TPSA) is 84.9 Å². The zero-order chi connectivity index (χ0) is 21.7. The molecule has 1 aliphatic rings. The fourth-order valence-electron chi connectivity index (χ4n) is 3.14. The lowest BCUT2D eigenvalue weighted by Crippen LogP contribution is -2.41. The molecule has 3 rings (SSSR count). The number of carbonyl (C=O) groups excluding carboxylic acids is 1. The lowest BCUT2D eigenvalue weighted by Gasteiger charge is -2.26. The molecule has 0 unspecified atom stereocenters. The summed E-state index contributed by atoms with van der Waals surface area (Å²) in [6.45, 7) is 7.30. The predicted octanol–water partition coefficient (Wildman–Crippen LogP) is 2.52. The highest BCUT2D eigenvalue weighted by Gasteiger charge is 2.27. The quantitative estimate of drug-likeness (QED) is 0.727. The Labute approximate surface area is 178 Å². The molecule has 1 fully saturated rings. The number of carbonyl (C=O) groups is 1. The number of rotatable bonds is 7. The van der Waals surface area contributed by atoms with Crippen molar-refractivity contribution in [1.29, 1.82) is 0 Å². The van der Waals surface area contributed by atoms with Crippen molar-refractivity contribution < 1.29 is 22.7 Å². The van der Waals surface area contributed by atoms with E-state index in [0.717, 1.165) is 11.3 Å². The van der Waals surface area contributed by atoms with Gasteiger partial charge in [-0.05, 0) is 50.6 Å². The summed E-state index contributed by atoms with van der Waals surface area (Å²) in [6, 6.07) is 12.1. The molecule has 0 radical (unpaired) electrons. The molecule has 1 aliphatic heterocycles. The number of amides is 1. The number of nitrogens with zero attached hydrogens (tertiary/aromatic N) is 1. The summed E-state index contributed by atoms with van der Waals surface area (Å²) < 4.78 is 38.1. The van der Waals surface area contributed by atoms with Crippen LogP contribution in [0.4, 0.5) is 0 Å². The van der Waals surface area contributed by atoms with Crippen LogP contribution < -0.4 is 10.1 Å². The normalized spacial score (nSPS) is 16.1. The van der Waals surface area contributed by atoms with Crippen LogP contribution in [0.25, 0.3) is 0 Å². The van der Waals surface area contributed by atoms with Crippen molar-refractivity contribution in [2.45, 2.75) is 31.7 Å². The average molecular weight is 433 g/mol. The minimum absolute atomic E-state index is 0.115. The predicted molar refractivity (Wildman–Crippen MR) is 114 cm³/mol. The Bertz CT molecular complexity index is 983. The Morgan fingerprint density at radius 1 is 1.13 bits per heavy atom. The standard InChI is InChI=1S/C22H28N2O5S/c1-16-4-7-19(8-5-16)29-15-18(3)23-22(25)21-14-20(9-6-17(21)2)30(26,27)24-10-12-28-13-11-24/h4-9,14,18H,10-13,15H2,1-3H3,(H,23,25)/t18-/m0/s1. The van der Waals surface area contributed by atoms with Crippen LogP contribution in [0.5, 0.6) is 5.75 Å². The first-order valence-corrected chi connectivity index (χ1v) is 11.4. The molecule has 0 saturated carbocycles. The number of aryl methyl sites for hydroxylation is 2. The van der Waals surface area contributed by atoms with E-state index >= 15 is 0 Å². The fraction of sp³-hybridized carbons (Fsp3) is 0.409. The number of nitrogens with one attached hydrogen (secondary N) is 1. The van der Waals surface area contributed by atoms with Crippen LogP contribution in [0.2, 0.25) is 0 Å². The minimum atomic E-state index is -3.66. The van der Waals surface area contributed by atoms with E-state index in [9.17, 15) is 13.2 Å². The summed E-state index contributed by atoms with van der Waals surface area (Å²) in [5, 5.41) is 2.88. The van der Waals surface area contributed by atoms with E-state index in [2.05, 4.69) is 5.32 Å². The highest BCUT2D eigenvalue weighted by molar-refractivity contribution is 7.89. The summed E-state index contributed by atoms with van der Waals surface area (Å²) in [7, 11) is -3.66. The van der Waals surface area contributed by atoms with Crippen molar-refractivity contribution in [3.63, 3.8) is 0 Å². The SMILES string of the molecule is Cc1ccc(OC[C@H](C)NC(=O)c2cc(S(=O)(=O)N3CCOCC3)ccc2C)cc1. The third-order valence-electron chi connectivity index (χ3n) is 4.96. The second kappa shape index (κ2) is 9.59. The van der Waals surface area contributed by atoms with Crippen LogP contribution in [0.1, 0.15) is 28.4 Å². The van der Waals surface area contributed by atoms with Gasteiger partial charge in [0.15, 0.2) is 0 Å². The highest BCUT2D eigenvalue weighted by atomic mass is 32.2. The molecule has 1 saturated heterocycles. The van der Waals surface area contributed by atoms with Crippen molar-refractivity contribution in [3.05, 3.63) is 59.2 Å². The Morgan fingerprint density at radius 3 is 2.47 bits per heavy atom. The molecule has 1 amide bonds. The van der Waals surface area contributed by atoms with Gasteiger partial charge in [0.2, 0.25) is 10.0 Å². The summed E-state index contributed by atoms with van der Waals surface area (Å²) >= 11 is 0. The Hall–Kier alpha value is -2.42. The third-order valence-corrected chi connectivity index (χ3v) is 6.85. The molecule has 7 nitrogen and oxygen atoms in total. The van der Waals surface area contributed by atoms with Crippen molar-refractivity contribution >= 4 is 15.9 Å². The van der Waals surface area contributed by atoms with E-state index in [1.807, 2.05) is 38.1 Å². The number of morpholine rings is 1. The van der Waals surface area contributed by atoms with Crippen LogP contribution >= 0.6 is 0 Å². The lowest BCUT2D eigenvalue weighted by molar-refractivity contribution is 0.0730. The third kappa shape index (κ3) is 5.38. The van der Waals surface area contributed by atoms with E-state index in [4.69, 9.17) is 9.47 Å². The number of hydrogen-bond donors (Lipinski definition) is 1. The molecule has 2 aromatic rings. The van der Waals surface area contributed by atoms with Crippen molar-refractivity contribution in [2.24, 2.45) is 0 Å². The molecule has 1 atom stereocenters. The van der Waals surface area contributed by atoms with Gasteiger partial charge in [-0.15, -0.1) is 0 Å². The van der Waals surface area contributed by atoms with Gasteiger partial charge in [-0.3, -0.25) is 4.79 Å². The molecule has 0 aromatic heterocycles. The maximum absolute atomic E-state index is 12.9. The first-order valence-electron chi connectivity index (χ1n) is 9.96. The molecule has 30 heavy (non-hydrogen) atoms. The molecule has 0 bridgehead atoms. The smallest absolute Gasteiger partial charge is 0.251 e. The Kier molecular flexibility index (Phi) is 7.12. The summed E-state index contributed by atoms with van der Waals surface area (Å²) in [5.41, 5.74) is 2.19. The van der Waals surface area contributed by atoms with Crippen molar-refractivity contribution in [3.8, 4) is 5.75 Å². The van der Waals surface area contributed by atoms with E-state index in [-0.39, 0.29) is 16.8 Å². The second-order valence-electron chi connectivity index (χ2n) is 7.49. The van der Waals surface area contributed by atoms with E-state index in [0.29, 0.717) is 44.0 Å². The number of hydrogen-bond acceptors (Lipinski definition) is 5. The molecule has 1 heterocycles. The molecule has 8 heteroatoms. The van der Waals surface area contributed by atoms with Gasteiger partial charge in [0.1, 0.15) is 12.4 Å². The van der Waals surface area contributed by atoms with E-state index in [1.165, 1.54) is 10.4 Å². The molecule has 0 aliphatic carbocycles. The van der Waals surface area contributed by atoms with Crippen LogP contribution in [0.15, 0.2) is 47.4 Å². The van der Waals surface area contributed by atoms with Crippen molar-refractivity contribution in [1.82, 2.24) is 9.62 Å². The minimum Gasteiger partial charge on any atom is -0.491 e. The van der Waals surface area contributed by atoms with Gasteiger partial charge in [-0.25, -0.2) is 8.42 Å². The van der Waals surface area contributed by atoms with Crippen LogP contribution in [0.3, 0.4) is 0 Å². The van der Waals surface area contributed by atoms with Gasteiger partial charge in [-0.1, -0.05) is 23.8 Å². The van der Waals surface area contributed by atoms with Gasteiger partial charge >= 0.3 is 0 Å². The highest BCUT2D eigenvalue weighted by Crippen LogP contribution is 2.21. The zero-order valence-corrected chi connectivity index (χ0v) is 18.4. The second-order valence-corrected chi connectivity index (χ2v) is 9.43. The maximum Gasteiger partial charge on any atom is 0.251 e. The van der Waals surface area contributed by atoms with E-state index < -0.39 is 10.0 Å². The maximum atomic E-state index is 12.9. The molecule has 0 spiro atoms. The molecule has 2 aromatic carbocycles. The van der Waals surface area contributed by atoms with E-state index in [1.54, 1.807) is 19.1 Å². The fourth-order valence-corrected chi connectivity index (χ4v) is 4.58. The lowest BCUT2D eigenvalue weighted by atomic mass is 10.1. The first kappa shape index (κ1) is 22.3. The van der Waals surface area contributed by atoms with Crippen molar-refractivity contribution in [2.75, 3.05) is 32.9 Å². The largest absolute Gasteiger partial charge is 0.491 e. The summed E-state index contributed by atoms with van der Waals surface area (Å²) in [6.07, 6.45) is 0. The Balaban J connectivity index is 1.67. The number of sulfonamides is 1. The van der Waals surface area contributed by atoms with Crippen LogP contribution in [-0.4, -0.2) is 57.6 Å². The summed E-state index contributed by atoms with van der Waals surface area (Å²) in [4.78, 5) is 12.9. The van der Waals surface area contributed by atoms with Crippen LogP contribution in [-0.2, 0) is 14.8 Å². The zero-order valence-electron chi connectivity index (χ0n) is 17.6.